The monoisotopic (exact) mass is 676 g/mol. The van der Waals surface area contributed by atoms with Gasteiger partial charge in [0, 0.05) is 49.6 Å². The highest BCUT2D eigenvalue weighted by atomic mass is 16.3. The predicted molar refractivity (Wildman–Crippen MR) is 223 cm³/mol. The van der Waals surface area contributed by atoms with E-state index in [2.05, 4.69) is 204 Å². The minimum Gasteiger partial charge on any atom is -0.456 e. The van der Waals surface area contributed by atoms with Gasteiger partial charge in [-0.2, -0.15) is 0 Å². The zero-order valence-corrected chi connectivity index (χ0v) is 28.8. The van der Waals surface area contributed by atoms with Crippen molar-refractivity contribution in [1.29, 1.82) is 0 Å². The van der Waals surface area contributed by atoms with Gasteiger partial charge in [-0.15, -0.1) is 0 Å². The fourth-order valence-corrected chi connectivity index (χ4v) is 8.48. The molecule has 3 nitrogen and oxygen atoms in total. The molecule has 3 heteroatoms. The lowest BCUT2D eigenvalue weighted by molar-refractivity contribution is 0.669. The van der Waals surface area contributed by atoms with Crippen LogP contribution in [0.3, 0.4) is 0 Å². The summed E-state index contributed by atoms with van der Waals surface area (Å²) in [5, 5.41) is 9.47. The first-order valence-electron chi connectivity index (χ1n) is 18.1. The van der Waals surface area contributed by atoms with Crippen LogP contribution in [0.4, 0.5) is 17.1 Å². The van der Waals surface area contributed by atoms with Crippen LogP contribution in [0.2, 0.25) is 0 Å². The highest BCUT2D eigenvalue weighted by Gasteiger charge is 2.22. The van der Waals surface area contributed by atoms with Gasteiger partial charge in [-0.25, -0.2) is 0 Å². The van der Waals surface area contributed by atoms with Gasteiger partial charge in [-0.3, -0.25) is 0 Å². The van der Waals surface area contributed by atoms with Crippen molar-refractivity contribution >= 4 is 82.4 Å². The van der Waals surface area contributed by atoms with Gasteiger partial charge in [0.2, 0.25) is 0 Å². The van der Waals surface area contributed by atoms with Crippen LogP contribution in [0.15, 0.2) is 199 Å². The minimum atomic E-state index is 0.879. The Kier molecular flexibility index (Phi) is 6.55. The van der Waals surface area contributed by atoms with Crippen molar-refractivity contribution in [2.24, 2.45) is 0 Å². The first-order chi connectivity index (χ1) is 26.3. The summed E-state index contributed by atoms with van der Waals surface area (Å²) in [7, 11) is 0. The van der Waals surface area contributed by atoms with E-state index in [1.54, 1.807) is 0 Å². The van der Waals surface area contributed by atoms with Crippen molar-refractivity contribution in [2.45, 2.75) is 0 Å². The van der Waals surface area contributed by atoms with E-state index >= 15 is 0 Å². The maximum Gasteiger partial charge on any atom is 0.136 e. The zero-order chi connectivity index (χ0) is 34.9. The molecule has 0 bridgehead atoms. The van der Waals surface area contributed by atoms with Crippen LogP contribution < -0.4 is 4.90 Å². The third-order valence-corrected chi connectivity index (χ3v) is 10.7. The fourth-order valence-electron chi connectivity index (χ4n) is 8.48. The van der Waals surface area contributed by atoms with Crippen LogP contribution in [0.5, 0.6) is 0 Å². The van der Waals surface area contributed by atoms with Gasteiger partial charge < -0.3 is 13.9 Å². The Bertz CT molecular complexity index is 3170. The molecule has 0 N–H and O–H groups in total. The van der Waals surface area contributed by atoms with Gasteiger partial charge in [0.05, 0.1) is 16.7 Å². The van der Waals surface area contributed by atoms with E-state index in [4.69, 9.17) is 4.42 Å². The summed E-state index contributed by atoms with van der Waals surface area (Å²) in [5.41, 5.74) is 10.9. The van der Waals surface area contributed by atoms with Crippen LogP contribution in [0.25, 0.3) is 82.1 Å². The molecule has 11 rings (SSSR count). The number of benzene rings is 9. The third-order valence-electron chi connectivity index (χ3n) is 10.7. The van der Waals surface area contributed by atoms with Gasteiger partial charge in [0.1, 0.15) is 11.2 Å². The molecule has 0 atom stereocenters. The molecule has 0 radical (unpaired) electrons. The molecule has 0 aliphatic rings. The van der Waals surface area contributed by atoms with Crippen molar-refractivity contribution in [2.75, 3.05) is 4.90 Å². The molecule has 0 aliphatic carbocycles. The van der Waals surface area contributed by atoms with Crippen molar-refractivity contribution in [1.82, 2.24) is 4.57 Å². The normalized spacial score (nSPS) is 11.8. The number of anilines is 3. The van der Waals surface area contributed by atoms with Crippen molar-refractivity contribution in [3.8, 4) is 16.8 Å². The zero-order valence-electron chi connectivity index (χ0n) is 28.8. The quantitative estimate of drug-likeness (QED) is 0.181. The van der Waals surface area contributed by atoms with Crippen LogP contribution in [0, 0.1) is 0 Å². The van der Waals surface area contributed by atoms with Crippen molar-refractivity contribution in [3.63, 3.8) is 0 Å². The molecule has 0 saturated heterocycles. The van der Waals surface area contributed by atoms with Crippen LogP contribution in [-0.2, 0) is 0 Å². The first kappa shape index (κ1) is 29.6. The maximum absolute atomic E-state index is 6.71. The minimum absolute atomic E-state index is 0.879. The van der Waals surface area contributed by atoms with E-state index in [-0.39, 0.29) is 0 Å². The van der Waals surface area contributed by atoms with E-state index in [0.717, 1.165) is 61.0 Å². The second-order valence-electron chi connectivity index (χ2n) is 13.7. The Morgan fingerprint density at radius 2 is 1.08 bits per heavy atom. The number of nitrogens with zero attached hydrogens (tertiary/aromatic N) is 2. The van der Waals surface area contributed by atoms with Crippen molar-refractivity contribution < 1.29 is 4.42 Å². The molecule has 2 aromatic heterocycles. The fraction of sp³-hybridized carbons (Fsp3) is 0. The first-order valence-corrected chi connectivity index (χ1v) is 18.1. The van der Waals surface area contributed by atoms with Crippen LogP contribution >= 0.6 is 0 Å². The van der Waals surface area contributed by atoms with E-state index in [9.17, 15) is 0 Å². The summed E-state index contributed by atoms with van der Waals surface area (Å²) in [6, 6.07) is 69.6. The lowest BCUT2D eigenvalue weighted by Gasteiger charge is -2.27. The van der Waals surface area contributed by atoms with Gasteiger partial charge in [-0.1, -0.05) is 127 Å². The molecule has 0 unspecified atom stereocenters. The Labute approximate surface area is 306 Å². The SMILES string of the molecule is c1ccc(N(c2ccc3ccccc3c2)c2cccc3c2ccc2oc4cccc(-c5cccc6c7ccccc7n(-c7ccccc7)c56)c4c23)cc1. The summed E-state index contributed by atoms with van der Waals surface area (Å²) in [5.74, 6) is 0. The van der Waals surface area contributed by atoms with Crippen molar-refractivity contribution in [3.05, 3.63) is 194 Å². The Balaban J connectivity index is 1.21. The lowest BCUT2D eigenvalue weighted by atomic mass is 9.94. The highest BCUT2D eigenvalue weighted by molar-refractivity contribution is 6.26. The number of aromatic nitrogens is 1. The average Bonchev–Trinajstić information content (AvgIpc) is 3.78. The van der Waals surface area contributed by atoms with E-state index in [1.165, 1.54) is 38.1 Å². The topological polar surface area (TPSA) is 21.3 Å². The second kappa shape index (κ2) is 11.7. The second-order valence-corrected chi connectivity index (χ2v) is 13.7. The molecule has 9 aromatic carbocycles. The smallest absolute Gasteiger partial charge is 0.136 e. The molecule has 0 aliphatic heterocycles. The molecule has 0 saturated carbocycles. The maximum atomic E-state index is 6.71. The molecule has 11 aromatic rings. The number of rotatable bonds is 5. The van der Waals surface area contributed by atoms with Crippen LogP contribution in [-0.4, -0.2) is 4.57 Å². The van der Waals surface area contributed by atoms with E-state index in [1.807, 2.05) is 0 Å². The molecular weight excluding hydrogens is 645 g/mol. The van der Waals surface area contributed by atoms with Gasteiger partial charge >= 0.3 is 0 Å². The average molecular weight is 677 g/mol. The Hall–Kier alpha value is -7.10. The molecule has 2 heterocycles. The predicted octanol–water partition coefficient (Wildman–Crippen LogP) is 14.1. The van der Waals surface area contributed by atoms with Gasteiger partial charge in [0.25, 0.3) is 0 Å². The standard InChI is InChI=1S/C50H32N2O/c1-3-16-35(17-4-1)51(37-29-28-33-14-7-8-15-34(33)32-37)44-26-12-21-40-39(44)30-31-47-48(40)49-41(22-13-27-46(49)53-47)43-24-11-23-42-38-20-9-10-25-45(38)52(50(42)43)36-18-5-2-6-19-36/h1-32H. The summed E-state index contributed by atoms with van der Waals surface area (Å²) in [6.07, 6.45) is 0. The summed E-state index contributed by atoms with van der Waals surface area (Å²) < 4.78 is 9.12. The molecule has 0 amide bonds. The summed E-state index contributed by atoms with van der Waals surface area (Å²) in [6.45, 7) is 0. The Morgan fingerprint density at radius 1 is 0.396 bits per heavy atom. The van der Waals surface area contributed by atoms with E-state index in [0.29, 0.717) is 0 Å². The van der Waals surface area contributed by atoms with Gasteiger partial charge in [0.15, 0.2) is 0 Å². The van der Waals surface area contributed by atoms with E-state index < -0.39 is 0 Å². The summed E-state index contributed by atoms with van der Waals surface area (Å²) >= 11 is 0. The Morgan fingerprint density at radius 3 is 1.96 bits per heavy atom. The number of furan rings is 1. The molecule has 53 heavy (non-hydrogen) atoms. The number of hydrogen-bond donors (Lipinski definition) is 0. The number of para-hydroxylation sites is 4. The molecule has 248 valence electrons. The molecule has 0 spiro atoms. The third kappa shape index (κ3) is 4.54. The number of hydrogen-bond acceptors (Lipinski definition) is 2. The molecule has 0 fully saturated rings. The summed E-state index contributed by atoms with van der Waals surface area (Å²) in [4.78, 5) is 2.38. The highest BCUT2D eigenvalue weighted by Crippen LogP contribution is 2.47. The van der Waals surface area contributed by atoms with Crippen LogP contribution in [0.1, 0.15) is 0 Å². The molecular formula is C50H32N2O. The van der Waals surface area contributed by atoms with Gasteiger partial charge in [-0.05, 0) is 88.5 Å². The largest absolute Gasteiger partial charge is 0.456 e. The number of fused-ring (bicyclic) bond motifs is 9. The lowest BCUT2D eigenvalue weighted by Crippen LogP contribution is -2.10.